The Morgan fingerprint density at radius 1 is 0.621 bits per heavy atom. The van der Waals surface area contributed by atoms with E-state index in [1.165, 1.54) is 15.9 Å². The van der Waals surface area contributed by atoms with Crippen molar-refractivity contribution >= 4 is 36.7 Å². The zero-order chi connectivity index (χ0) is 20.9. The minimum absolute atomic E-state index is 0.190. The minimum Gasteiger partial charge on any atom is -0.302 e. The van der Waals surface area contributed by atoms with Crippen molar-refractivity contribution in [1.82, 2.24) is 0 Å². The molecule has 0 spiro atoms. The molecule has 0 aliphatic heterocycles. The molecule has 0 unspecified atom stereocenters. The van der Waals surface area contributed by atoms with E-state index < -0.39 is 15.5 Å². The molecule has 3 rings (SSSR count). The zero-order valence-electron chi connectivity index (χ0n) is 17.4. The maximum atomic E-state index is 13.4. The second-order valence-corrected chi connectivity index (χ2v) is 11.5. The van der Waals surface area contributed by atoms with Gasteiger partial charge in [0.05, 0.1) is 17.5 Å². The first-order chi connectivity index (χ1) is 13.9. The number of rotatable bonds is 8. The van der Waals surface area contributed by atoms with Crippen LogP contribution in [0.2, 0.25) is 0 Å². The van der Waals surface area contributed by atoms with Crippen molar-refractivity contribution in [3.8, 4) is 0 Å². The lowest BCUT2D eigenvalue weighted by molar-refractivity contribution is 0.150. The third-order valence-corrected chi connectivity index (χ3v) is 8.92. The van der Waals surface area contributed by atoms with Crippen molar-refractivity contribution < 1.29 is 13.6 Å². The molecule has 0 heterocycles. The van der Waals surface area contributed by atoms with Crippen molar-refractivity contribution in [1.29, 1.82) is 0 Å². The zero-order valence-corrected chi connectivity index (χ0v) is 19.1. The Kier molecular flexibility index (Phi) is 7.44. The standard InChI is InChI=1S/C24H28O3P2/c1-19(2)26-29(25,27-20(3)4)24-17-15-23(16-18-24)28(21-11-7-5-8-12-21)22-13-9-6-10-14-22/h5-20H,1-4H3. The molecule has 0 bridgehead atoms. The van der Waals surface area contributed by atoms with Crippen molar-refractivity contribution in [3.05, 3.63) is 84.9 Å². The smallest absolute Gasteiger partial charge is 0.302 e. The third-order valence-electron chi connectivity index (χ3n) is 4.15. The molecule has 3 aromatic rings. The lowest BCUT2D eigenvalue weighted by atomic mass is 10.3. The van der Waals surface area contributed by atoms with Crippen LogP contribution in [-0.4, -0.2) is 12.2 Å². The molecule has 0 aliphatic rings. The fourth-order valence-electron chi connectivity index (χ4n) is 3.09. The van der Waals surface area contributed by atoms with Crippen LogP contribution in [0.15, 0.2) is 84.9 Å². The summed E-state index contributed by atoms with van der Waals surface area (Å²) in [6, 6.07) is 28.9. The van der Waals surface area contributed by atoms with E-state index in [9.17, 15) is 4.57 Å². The molecule has 0 aromatic heterocycles. The van der Waals surface area contributed by atoms with E-state index >= 15 is 0 Å². The topological polar surface area (TPSA) is 35.5 Å². The molecule has 0 fully saturated rings. The highest BCUT2D eigenvalue weighted by Gasteiger charge is 2.30. The van der Waals surface area contributed by atoms with Crippen LogP contribution in [0.3, 0.4) is 0 Å². The van der Waals surface area contributed by atoms with Crippen LogP contribution in [0, 0.1) is 0 Å². The van der Waals surface area contributed by atoms with Crippen molar-refractivity contribution in [2.45, 2.75) is 39.9 Å². The lowest BCUT2D eigenvalue weighted by Gasteiger charge is -2.24. The van der Waals surface area contributed by atoms with E-state index in [0.717, 1.165) is 0 Å². The third kappa shape index (κ3) is 5.65. The molecule has 0 amide bonds. The van der Waals surface area contributed by atoms with E-state index in [-0.39, 0.29) is 12.2 Å². The number of hydrogen-bond donors (Lipinski definition) is 0. The van der Waals surface area contributed by atoms with Crippen LogP contribution in [0.4, 0.5) is 0 Å². The van der Waals surface area contributed by atoms with Gasteiger partial charge in [-0.25, -0.2) is 0 Å². The van der Waals surface area contributed by atoms with Crippen molar-refractivity contribution in [2.24, 2.45) is 0 Å². The van der Waals surface area contributed by atoms with Crippen LogP contribution in [0.1, 0.15) is 27.7 Å². The monoisotopic (exact) mass is 426 g/mol. The van der Waals surface area contributed by atoms with E-state index in [1.54, 1.807) is 0 Å². The summed E-state index contributed by atoms with van der Waals surface area (Å²) in [6.07, 6.45) is -0.380. The van der Waals surface area contributed by atoms with Gasteiger partial charge in [-0.3, -0.25) is 4.57 Å². The Morgan fingerprint density at radius 2 is 1.00 bits per heavy atom. The molecule has 29 heavy (non-hydrogen) atoms. The van der Waals surface area contributed by atoms with Gasteiger partial charge in [-0.1, -0.05) is 72.8 Å². The van der Waals surface area contributed by atoms with Crippen LogP contribution < -0.4 is 21.2 Å². The second-order valence-electron chi connectivity index (χ2n) is 7.33. The quantitative estimate of drug-likeness (QED) is 0.470. The van der Waals surface area contributed by atoms with Gasteiger partial charge < -0.3 is 9.05 Å². The highest BCUT2D eigenvalue weighted by atomic mass is 31.2. The largest absolute Gasteiger partial charge is 0.361 e. The van der Waals surface area contributed by atoms with E-state index in [1.807, 2.05) is 52.0 Å². The Hall–Kier alpha value is -1.76. The molecular weight excluding hydrogens is 398 g/mol. The maximum Gasteiger partial charge on any atom is 0.361 e. The van der Waals surface area contributed by atoms with Gasteiger partial charge in [0.1, 0.15) is 0 Å². The van der Waals surface area contributed by atoms with E-state index in [0.29, 0.717) is 5.30 Å². The van der Waals surface area contributed by atoms with Gasteiger partial charge in [-0.15, -0.1) is 0 Å². The average Bonchev–Trinajstić information content (AvgIpc) is 2.69. The first kappa shape index (κ1) is 21.9. The molecule has 0 aliphatic carbocycles. The van der Waals surface area contributed by atoms with Crippen LogP contribution in [0.25, 0.3) is 0 Å². The van der Waals surface area contributed by atoms with Gasteiger partial charge in [-0.2, -0.15) is 0 Å². The van der Waals surface area contributed by atoms with Gasteiger partial charge >= 0.3 is 7.60 Å². The van der Waals surface area contributed by atoms with E-state index in [4.69, 9.17) is 9.05 Å². The molecular formula is C24H28O3P2. The summed E-state index contributed by atoms with van der Waals surface area (Å²) in [6.45, 7) is 7.48. The van der Waals surface area contributed by atoms with Gasteiger partial charge in [-0.05, 0) is 63.7 Å². The van der Waals surface area contributed by atoms with Crippen LogP contribution in [-0.2, 0) is 13.6 Å². The molecule has 3 aromatic carbocycles. The van der Waals surface area contributed by atoms with Crippen LogP contribution in [0.5, 0.6) is 0 Å². The highest BCUT2D eigenvalue weighted by Crippen LogP contribution is 2.49. The molecule has 5 heteroatoms. The summed E-state index contributed by atoms with van der Waals surface area (Å²) >= 11 is 0. The summed E-state index contributed by atoms with van der Waals surface area (Å²) in [7, 11) is -4.07. The predicted octanol–water partition coefficient (Wildman–Crippen LogP) is 5.11. The maximum absolute atomic E-state index is 13.4. The van der Waals surface area contributed by atoms with Gasteiger partial charge in [0.25, 0.3) is 0 Å². The SMILES string of the molecule is CC(C)OP(=O)(OC(C)C)c1ccc(P(c2ccccc2)c2ccccc2)cc1. The molecule has 152 valence electrons. The Balaban J connectivity index is 2.00. The fraction of sp³-hybridized carbons (Fsp3) is 0.250. The number of benzene rings is 3. The van der Waals surface area contributed by atoms with Crippen molar-refractivity contribution in [2.75, 3.05) is 0 Å². The van der Waals surface area contributed by atoms with E-state index in [2.05, 4.69) is 60.7 Å². The molecule has 0 saturated heterocycles. The normalized spacial score (nSPS) is 12.1. The molecule has 0 N–H and O–H groups in total. The van der Waals surface area contributed by atoms with Gasteiger partial charge in [0.2, 0.25) is 0 Å². The second kappa shape index (κ2) is 9.83. The summed E-state index contributed by atoms with van der Waals surface area (Å²) in [5.41, 5.74) is 0. The average molecular weight is 426 g/mol. The highest BCUT2D eigenvalue weighted by molar-refractivity contribution is 7.79. The minimum atomic E-state index is -3.37. The summed E-state index contributed by atoms with van der Waals surface area (Å²) in [5.74, 6) is 0. The molecule has 0 saturated carbocycles. The van der Waals surface area contributed by atoms with Gasteiger partial charge in [0, 0.05) is 0 Å². The van der Waals surface area contributed by atoms with Gasteiger partial charge in [0.15, 0.2) is 0 Å². The molecule has 0 atom stereocenters. The summed E-state index contributed by atoms with van der Waals surface area (Å²) in [4.78, 5) is 0. The van der Waals surface area contributed by atoms with Crippen molar-refractivity contribution in [3.63, 3.8) is 0 Å². The Bertz CT molecular complexity index is 885. The molecule has 0 radical (unpaired) electrons. The summed E-state index contributed by atoms with van der Waals surface area (Å²) < 4.78 is 24.9. The first-order valence-corrected chi connectivity index (χ1v) is 12.7. The Labute approximate surface area is 175 Å². The van der Waals surface area contributed by atoms with Crippen LogP contribution >= 0.6 is 15.5 Å². The fourth-order valence-corrected chi connectivity index (χ4v) is 7.29. The lowest BCUT2D eigenvalue weighted by Crippen LogP contribution is -2.22. The molecule has 3 nitrogen and oxygen atoms in total. The predicted molar refractivity (Wildman–Crippen MR) is 125 cm³/mol. The first-order valence-electron chi connectivity index (χ1n) is 9.87. The Morgan fingerprint density at radius 3 is 1.38 bits per heavy atom. The summed E-state index contributed by atoms with van der Waals surface area (Å²) in [5, 5.41) is 4.35. The number of hydrogen-bond acceptors (Lipinski definition) is 3.